The van der Waals surface area contributed by atoms with Gasteiger partial charge in [-0.2, -0.15) is 8.42 Å². The van der Waals surface area contributed by atoms with Crippen LogP contribution in [0.3, 0.4) is 0 Å². The van der Waals surface area contributed by atoms with E-state index in [9.17, 15) is 18.0 Å². The molecule has 0 saturated heterocycles. The zero-order chi connectivity index (χ0) is 13.7. The summed E-state index contributed by atoms with van der Waals surface area (Å²) in [7, 11) is -4.39. The van der Waals surface area contributed by atoms with Crippen LogP contribution < -0.4 is 10.6 Å². The van der Waals surface area contributed by atoms with E-state index in [-0.39, 0.29) is 0 Å². The van der Waals surface area contributed by atoms with Crippen LogP contribution in [0.4, 0.5) is 0 Å². The average Bonchev–Trinajstić information content (AvgIpc) is 2.13. The van der Waals surface area contributed by atoms with E-state index in [0.29, 0.717) is 0 Å². The van der Waals surface area contributed by atoms with Crippen molar-refractivity contribution < 1.29 is 22.6 Å². The summed E-state index contributed by atoms with van der Waals surface area (Å²) in [5.41, 5.74) is -1.65. The van der Waals surface area contributed by atoms with Gasteiger partial charge in [-0.25, -0.2) is 0 Å². The fraction of sp³-hybridized carbons (Fsp3) is 0.333. The Kier molecular flexibility index (Phi) is 5.05. The summed E-state index contributed by atoms with van der Waals surface area (Å²) in [4.78, 5) is 22.2. The van der Waals surface area contributed by atoms with Gasteiger partial charge < -0.3 is 10.6 Å². The Morgan fingerprint density at radius 3 is 1.82 bits per heavy atom. The van der Waals surface area contributed by atoms with Gasteiger partial charge in [-0.15, -0.1) is 0 Å². The van der Waals surface area contributed by atoms with Crippen LogP contribution in [-0.4, -0.2) is 36.2 Å². The zero-order valence-corrected chi connectivity index (χ0v) is 10.1. The van der Waals surface area contributed by atoms with Gasteiger partial charge in [0.2, 0.25) is 11.8 Å². The molecule has 3 N–H and O–H groups in total. The van der Waals surface area contributed by atoms with Crippen LogP contribution in [0.1, 0.15) is 6.92 Å². The van der Waals surface area contributed by atoms with E-state index in [1.165, 1.54) is 6.92 Å². The van der Waals surface area contributed by atoms with Crippen LogP contribution in [-0.2, 0) is 19.7 Å². The van der Waals surface area contributed by atoms with Gasteiger partial charge in [0, 0.05) is 0 Å². The van der Waals surface area contributed by atoms with Gasteiger partial charge in [0.1, 0.15) is 11.4 Å². The third-order valence-electron chi connectivity index (χ3n) is 1.64. The Morgan fingerprint density at radius 2 is 1.59 bits per heavy atom. The van der Waals surface area contributed by atoms with Crippen molar-refractivity contribution in [1.29, 1.82) is 0 Å². The molecule has 0 radical (unpaired) electrons. The Hall–Kier alpha value is -1.67. The minimum absolute atomic E-state index is 0.694. The second-order valence-electron chi connectivity index (χ2n) is 3.45. The molecule has 0 aromatic heterocycles. The van der Waals surface area contributed by atoms with Gasteiger partial charge in [0.05, 0.1) is 0 Å². The first kappa shape index (κ1) is 15.3. The first-order valence-electron chi connectivity index (χ1n) is 4.46. The number of rotatable bonds is 6. The largest absolute Gasteiger partial charge is 0.329 e. The minimum Gasteiger partial charge on any atom is -0.329 e. The molecule has 2 amide bonds. The van der Waals surface area contributed by atoms with E-state index in [4.69, 9.17) is 4.55 Å². The van der Waals surface area contributed by atoms with Gasteiger partial charge in [-0.05, 0) is 19.1 Å². The third-order valence-corrected chi connectivity index (χ3v) is 2.58. The molecule has 0 aromatic carbocycles. The summed E-state index contributed by atoms with van der Waals surface area (Å²) in [5, 5.41) is 4.38. The quantitative estimate of drug-likeness (QED) is 0.329. The number of hydrogen-bond acceptors (Lipinski definition) is 4. The van der Waals surface area contributed by atoms with Crippen molar-refractivity contribution in [1.82, 2.24) is 10.6 Å². The average molecular weight is 262 g/mol. The van der Waals surface area contributed by atoms with Gasteiger partial charge in [-0.3, -0.25) is 14.1 Å². The first-order valence-corrected chi connectivity index (χ1v) is 6.07. The lowest BCUT2D eigenvalue weighted by Gasteiger charge is -2.29. The molecule has 17 heavy (non-hydrogen) atoms. The highest BCUT2D eigenvalue weighted by molar-refractivity contribution is 7.85. The molecule has 96 valence electrons. The highest BCUT2D eigenvalue weighted by atomic mass is 32.2. The molecule has 0 saturated carbocycles. The molecule has 0 rings (SSSR count). The molecule has 0 aliphatic rings. The van der Waals surface area contributed by atoms with Crippen molar-refractivity contribution >= 4 is 21.9 Å². The number of carbonyl (C=O) groups is 2. The van der Waals surface area contributed by atoms with Crippen molar-refractivity contribution in [2.24, 2.45) is 0 Å². The fourth-order valence-corrected chi connectivity index (χ4v) is 1.99. The number of carbonyl (C=O) groups excluding carboxylic acids is 2. The zero-order valence-electron chi connectivity index (χ0n) is 9.26. The Bertz CT molecular complexity index is 418. The molecule has 0 atom stereocenters. The van der Waals surface area contributed by atoms with Gasteiger partial charge in [0.15, 0.2) is 0 Å². The molecule has 0 fully saturated rings. The van der Waals surface area contributed by atoms with Crippen molar-refractivity contribution in [3.63, 3.8) is 0 Å². The van der Waals surface area contributed by atoms with Gasteiger partial charge in [-0.1, -0.05) is 13.2 Å². The van der Waals surface area contributed by atoms with Crippen LogP contribution in [0.5, 0.6) is 0 Å². The highest BCUT2D eigenvalue weighted by Crippen LogP contribution is 2.04. The molecular formula is C9H14N2O5S. The predicted octanol–water partition coefficient (Wildman–Crippen LogP) is -0.805. The minimum atomic E-state index is -4.39. The maximum absolute atomic E-state index is 11.1. The SMILES string of the molecule is C=CC(=O)NC(C)(CS(=O)(=O)O)NC(=O)C=C. The van der Waals surface area contributed by atoms with Crippen LogP contribution in [0.15, 0.2) is 25.3 Å². The molecule has 0 aliphatic carbocycles. The summed E-state index contributed by atoms with van der Waals surface area (Å²) in [6.45, 7) is 7.59. The van der Waals surface area contributed by atoms with Crippen LogP contribution in [0.25, 0.3) is 0 Å². The summed E-state index contributed by atoms with van der Waals surface area (Å²) >= 11 is 0. The lowest BCUT2D eigenvalue weighted by atomic mass is 10.2. The van der Waals surface area contributed by atoms with E-state index in [1.807, 2.05) is 0 Å². The standard InChI is InChI=1S/C9H14N2O5S/c1-4-7(12)10-9(3,6-17(14,15)16)11-8(13)5-2/h4-5H,1-2,6H2,3H3,(H,10,12)(H,11,13)(H,14,15,16). The lowest BCUT2D eigenvalue weighted by molar-refractivity contribution is -0.121. The summed E-state index contributed by atoms with van der Waals surface area (Å²) in [6, 6.07) is 0. The second kappa shape index (κ2) is 5.60. The van der Waals surface area contributed by atoms with E-state index >= 15 is 0 Å². The molecule has 8 heteroatoms. The molecular weight excluding hydrogens is 248 g/mol. The van der Waals surface area contributed by atoms with E-state index < -0.39 is 33.3 Å². The molecule has 0 aliphatic heterocycles. The molecule has 0 bridgehead atoms. The maximum Gasteiger partial charge on any atom is 0.269 e. The molecule has 7 nitrogen and oxygen atoms in total. The van der Waals surface area contributed by atoms with Crippen molar-refractivity contribution in [3.05, 3.63) is 25.3 Å². The monoisotopic (exact) mass is 262 g/mol. The molecule has 0 unspecified atom stereocenters. The normalized spacial score (nSPS) is 11.4. The maximum atomic E-state index is 11.1. The number of amides is 2. The Morgan fingerprint density at radius 1 is 1.24 bits per heavy atom. The number of hydrogen-bond donors (Lipinski definition) is 3. The van der Waals surface area contributed by atoms with Crippen LogP contribution in [0.2, 0.25) is 0 Å². The first-order chi connectivity index (χ1) is 7.62. The van der Waals surface area contributed by atoms with E-state index in [2.05, 4.69) is 23.8 Å². The van der Waals surface area contributed by atoms with Gasteiger partial charge >= 0.3 is 0 Å². The van der Waals surface area contributed by atoms with E-state index in [0.717, 1.165) is 12.2 Å². The Labute approximate surface area is 99.3 Å². The highest BCUT2D eigenvalue weighted by Gasteiger charge is 2.32. The van der Waals surface area contributed by atoms with Gasteiger partial charge in [0.25, 0.3) is 10.1 Å². The topological polar surface area (TPSA) is 113 Å². The fourth-order valence-electron chi connectivity index (χ4n) is 1.11. The summed E-state index contributed by atoms with van der Waals surface area (Å²) in [6.07, 6.45) is 1.81. The Balaban J connectivity index is 5.05. The van der Waals surface area contributed by atoms with E-state index in [1.54, 1.807) is 0 Å². The molecule has 0 heterocycles. The summed E-state index contributed by atoms with van der Waals surface area (Å²) < 4.78 is 30.3. The van der Waals surface area contributed by atoms with Crippen LogP contribution >= 0.6 is 0 Å². The lowest BCUT2D eigenvalue weighted by Crippen LogP contribution is -2.61. The van der Waals surface area contributed by atoms with Crippen LogP contribution in [0, 0.1) is 0 Å². The van der Waals surface area contributed by atoms with Crippen molar-refractivity contribution in [3.8, 4) is 0 Å². The smallest absolute Gasteiger partial charge is 0.269 e. The second-order valence-corrected chi connectivity index (χ2v) is 4.90. The number of nitrogens with one attached hydrogen (secondary N) is 2. The summed E-state index contributed by atoms with van der Waals surface area (Å²) in [5.74, 6) is -2.26. The van der Waals surface area contributed by atoms with Crippen molar-refractivity contribution in [2.75, 3.05) is 5.75 Å². The van der Waals surface area contributed by atoms with Crippen molar-refractivity contribution in [2.45, 2.75) is 12.6 Å². The predicted molar refractivity (Wildman–Crippen MR) is 61.5 cm³/mol. The molecule has 0 spiro atoms. The molecule has 0 aromatic rings. The third kappa shape index (κ3) is 6.48.